The van der Waals surface area contributed by atoms with Gasteiger partial charge in [0.2, 0.25) is 15.8 Å². The number of carboxylic acids is 1. The van der Waals surface area contributed by atoms with Gasteiger partial charge in [-0.2, -0.15) is 5.10 Å². The lowest BCUT2D eigenvalue weighted by Gasteiger charge is -2.69. The number of carbonyl (C=O) groups excluding carboxylic acids is 2. The van der Waals surface area contributed by atoms with E-state index in [9.17, 15) is 22.8 Å². The van der Waals surface area contributed by atoms with Crippen LogP contribution < -0.4 is 10.0 Å². The first-order valence-electron chi connectivity index (χ1n) is 23.2. The van der Waals surface area contributed by atoms with Crippen LogP contribution in [0.4, 0.5) is 10.9 Å². The van der Waals surface area contributed by atoms with E-state index in [1.54, 1.807) is 25.3 Å². The van der Waals surface area contributed by atoms with Gasteiger partial charge in [-0.1, -0.05) is 43.7 Å². The van der Waals surface area contributed by atoms with E-state index in [0.717, 1.165) is 87.3 Å². The Hall–Kier alpha value is -5.21. The largest absolute Gasteiger partial charge is 0.481 e. The zero-order valence-corrected chi connectivity index (χ0v) is 40.2. The number of sulfonamides is 1. The van der Waals surface area contributed by atoms with Gasteiger partial charge in [0.25, 0.3) is 5.91 Å². The van der Waals surface area contributed by atoms with E-state index in [0.29, 0.717) is 53.6 Å². The number of unbranched alkanes of at least 4 members (excludes halogenated alkanes) is 2. The molecule has 5 aromatic rings. The van der Waals surface area contributed by atoms with Crippen molar-refractivity contribution < 1.29 is 37.4 Å². The van der Waals surface area contributed by atoms with Crippen LogP contribution in [-0.2, 0) is 30.8 Å². The van der Waals surface area contributed by atoms with E-state index < -0.39 is 33.4 Å². The zero-order valence-electron chi connectivity index (χ0n) is 38.6. The molecule has 5 fully saturated rings. The van der Waals surface area contributed by atoms with Gasteiger partial charge in [0.05, 0.1) is 47.6 Å². The van der Waals surface area contributed by atoms with E-state index in [-0.39, 0.29) is 51.8 Å². The maximum absolute atomic E-state index is 14.2. The molecule has 1 saturated heterocycles. The summed E-state index contributed by atoms with van der Waals surface area (Å²) in [5.74, 6) is -2.55. The van der Waals surface area contributed by atoms with Crippen LogP contribution in [0.2, 0.25) is 0 Å². The summed E-state index contributed by atoms with van der Waals surface area (Å²) >= 11 is 1.46. The number of nitrogens with zero attached hydrogens (tertiary/aromatic N) is 7. The first-order valence-corrected chi connectivity index (χ1v) is 25.7. The molecule has 4 atom stereocenters. The molecular formula is C48H59N9O8S2. The molecule has 5 heterocycles. The number of para-hydroxylation sites is 1. The minimum Gasteiger partial charge on any atom is -0.481 e. The van der Waals surface area contributed by atoms with Gasteiger partial charge in [-0.25, -0.2) is 23.1 Å². The maximum atomic E-state index is 14.2. The van der Waals surface area contributed by atoms with E-state index >= 15 is 0 Å². The van der Waals surface area contributed by atoms with Crippen LogP contribution in [0.3, 0.4) is 0 Å². The average molecular weight is 954 g/mol. The number of hydrogen-bond acceptors (Lipinski definition) is 15. The fourth-order valence-corrected chi connectivity index (χ4v) is 14.3. The number of morpholine rings is 1. The molecular weight excluding hydrogens is 895 g/mol. The van der Waals surface area contributed by atoms with Crippen molar-refractivity contribution in [3.63, 3.8) is 0 Å². The number of pyridine rings is 1. The number of aryl methyl sites for hydroxylation is 1. The Morgan fingerprint density at radius 3 is 2.39 bits per heavy atom. The first-order chi connectivity index (χ1) is 31.9. The predicted octanol–water partition coefficient (Wildman–Crippen LogP) is 7.11. The van der Waals surface area contributed by atoms with Gasteiger partial charge in [0, 0.05) is 49.4 Å². The molecule has 5 aliphatic rings. The summed E-state index contributed by atoms with van der Waals surface area (Å²) in [5.41, 5.74) is 2.71. The maximum Gasteiger partial charge on any atom is 0.303 e. The number of benzene rings is 1. The molecule has 1 aliphatic heterocycles. The van der Waals surface area contributed by atoms with E-state index in [1.165, 1.54) is 17.4 Å². The molecule has 4 aromatic heterocycles. The molecule has 1 aromatic carbocycles. The molecule has 0 spiro atoms. The lowest BCUT2D eigenvalue weighted by molar-refractivity contribution is -0.249. The monoisotopic (exact) mass is 953 g/mol. The first kappa shape index (κ1) is 46.9. The number of rotatable bonds is 19. The van der Waals surface area contributed by atoms with Gasteiger partial charge in [0.1, 0.15) is 17.1 Å². The Balaban J connectivity index is 0.980. The normalized spacial score (nSPS) is 24.8. The number of ether oxygens (including phenoxy) is 2. The van der Waals surface area contributed by atoms with E-state index in [2.05, 4.69) is 49.0 Å². The zero-order chi connectivity index (χ0) is 47.2. The number of amides is 1. The molecule has 4 bridgehead atoms. The highest BCUT2D eigenvalue weighted by molar-refractivity contribution is 7.90. The summed E-state index contributed by atoms with van der Waals surface area (Å²) in [7, 11) is -4.17. The van der Waals surface area contributed by atoms with Gasteiger partial charge in [-0.15, -0.1) is 10.2 Å². The lowest BCUT2D eigenvalue weighted by atomic mass is 9.39. The lowest BCUT2D eigenvalue weighted by Crippen LogP contribution is -2.64. The Labute approximate surface area is 394 Å². The number of anilines is 2. The molecule has 67 heavy (non-hydrogen) atoms. The number of carboxylic acid groups (broad SMARTS) is 1. The third kappa shape index (κ3) is 10.3. The van der Waals surface area contributed by atoms with Crippen molar-refractivity contribution in [3.8, 4) is 11.1 Å². The van der Waals surface area contributed by atoms with Crippen LogP contribution in [0.1, 0.15) is 116 Å². The van der Waals surface area contributed by atoms with Crippen molar-refractivity contribution >= 4 is 60.2 Å². The van der Waals surface area contributed by atoms with Crippen LogP contribution >= 0.6 is 11.3 Å². The number of thiazole rings is 1. The molecule has 17 nitrogen and oxygen atoms in total. The minimum atomic E-state index is -4.17. The average Bonchev–Trinajstić information content (AvgIpc) is 3.84. The molecule has 19 heteroatoms. The molecule has 2 unspecified atom stereocenters. The second-order valence-corrected chi connectivity index (χ2v) is 23.1. The Morgan fingerprint density at radius 2 is 1.66 bits per heavy atom. The number of carbonyl (C=O) groups is 3. The minimum absolute atomic E-state index is 0.0160. The SMILES string of the molecule is Cc1cc(C(=O)c2ccc(-c3cnn(CC45CC6(OCCN7CCOCC7)C[C@](C)(C4)C[C@](C)(C5)C6)c3C)c(C(=O)NS(=O)(=O)CCCCCC(=O)O)n2)nnc1Nc1nc2ccccc2s1. The topological polar surface area (TPSA) is 221 Å². The van der Waals surface area contributed by atoms with Crippen molar-refractivity contribution in [1.29, 1.82) is 0 Å². The number of ketones is 1. The van der Waals surface area contributed by atoms with Crippen molar-refractivity contribution in [2.24, 2.45) is 16.2 Å². The molecule has 4 aliphatic carbocycles. The third-order valence-corrected chi connectivity index (χ3v) is 16.4. The van der Waals surface area contributed by atoms with Crippen molar-refractivity contribution in [1.82, 2.24) is 39.6 Å². The van der Waals surface area contributed by atoms with Crippen LogP contribution in [0.25, 0.3) is 21.3 Å². The predicted molar refractivity (Wildman–Crippen MR) is 253 cm³/mol. The van der Waals surface area contributed by atoms with Gasteiger partial charge in [0.15, 0.2) is 10.9 Å². The van der Waals surface area contributed by atoms with E-state index in [1.807, 2.05) is 35.9 Å². The Kier molecular flexibility index (Phi) is 12.8. The molecule has 1 amide bonds. The summed E-state index contributed by atoms with van der Waals surface area (Å²) in [6, 6.07) is 12.4. The number of fused-ring (bicyclic) bond motifs is 1. The summed E-state index contributed by atoms with van der Waals surface area (Å²) in [6.07, 6.45) is 8.72. The molecule has 0 radical (unpaired) electrons. The van der Waals surface area contributed by atoms with Crippen molar-refractivity contribution in [2.45, 2.75) is 104 Å². The highest BCUT2D eigenvalue weighted by Gasteiger charge is 2.66. The third-order valence-electron chi connectivity index (χ3n) is 14.1. The van der Waals surface area contributed by atoms with E-state index in [4.69, 9.17) is 19.7 Å². The van der Waals surface area contributed by atoms with Gasteiger partial charge >= 0.3 is 5.97 Å². The smallest absolute Gasteiger partial charge is 0.303 e. The van der Waals surface area contributed by atoms with Crippen LogP contribution in [0.15, 0.2) is 48.7 Å². The quantitative estimate of drug-likeness (QED) is 0.0555. The summed E-state index contributed by atoms with van der Waals surface area (Å²) in [4.78, 5) is 50.8. The summed E-state index contributed by atoms with van der Waals surface area (Å²) < 4.78 is 44.3. The number of aliphatic carboxylic acids is 1. The Morgan fingerprint density at radius 1 is 0.896 bits per heavy atom. The number of hydrogen-bond donors (Lipinski definition) is 3. The molecule has 3 N–H and O–H groups in total. The molecule has 10 rings (SSSR count). The highest BCUT2D eigenvalue weighted by atomic mass is 32.2. The van der Waals surface area contributed by atoms with Gasteiger partial charge in [-0.05, 0) is 117 Å². The molecule has 356 valence electrons. The van der Waals surface area contributed by atoms with Gasteiger partial charge in [-0.3, -0.25) is 24.0 Å². The van der Waals surface area contributed by atoms with Crippen molar-refractivity contribution in [3.05, 3.63) is 77.0 Å². The fourth-order valence-electron chi connectivity index (χ4n) is 12.4. The van der Waals surface area contributed by atoms with Crippen LogP contribution in [0.5, 0.6) is 0 Å². The second kappa shape index (κ2) is 18.4. The van der Waals surface area contributed by atoms with Crippen LogP contribution in [0, 0.1) is 30.1 Å². The van der Waals surface area contributed by atoms with Crippen molar-refractivity contribution in [2.75, 3.05) is 50.5 Å². The summed E-state index contributed by atoms with van der Waals surface area (Å²) in [5, 5.41) is 26.2. The van der Waals surface area contributed by atoms with Crippen LogP contribution in [-0.4, -0.2) is 117 Å². The van der Waals surface area contributed by atoms with Gasteiger partial charge < -0.3 is 19.9 Å². The standard InChI is InChI=1S/C48H59N9O8S2/c1-31-22-37(53-54-42(31)52-44-51-35-10-7-8-11-38(35)66-44)41(60)36-14-13-33(40(50-36)43(61)55-67(62,63)21-9-5-6-12-39(58)59)34-23-49-57(32(34)2)30-47-25-45(3)24-46(4,26-47)28-48(27-45,29-47)65-20-17-56-15-18-64-19-16-56/h7-8,10-11,13-14,22-23H,5-6,9,12,15-21,24-30H2,1-4H3,(H,55,61)(H,58,59)(H,51,52,54)/t45-,46+,47?,48?. The second-order valence-electron chi connectivity index (χ2n) is 20.2. The highest BCUT2D eigenvalue weighted by Crippen LogP contribution is 2.72. The number of nitrogens with one attached hydrogen (secondary N) is 2. The molecule has 4 saturated carbocycles. The fraction of sp³-hybridized carbons (Fsp3) is 0.542. The number of aromatic nitrogens is 6. The Bertz CT molecular complexity index is 2770. The summed E-state index contributed by atoms with van der Waals surface area (Å²) in [6.45, 7) is 14.2.